The average molecular weight is 573 g/mol. The Morgan fingerprint density at radius 2 is 1.15 bits per heavy atom. The molecule has 2 unspecified atom stereocenters. The summed E-state index contributed by atoms with van der Waals surface area (Å²) in [5, 5.41) is 0. The highest BCUT2D eigenvalue weighted by molar-refractivity contribution is 6.49. The fourth-order valence-corrected chi connectivity index (χ4v) is 4.41. The van der Waals surface area contributed by atoms with E-state index in [2.05, 4.69) is 0 Å². The minimum absolute atomic E-state index is 0.154. The van der Waals surface area contributed by atoms with Crippen molar-refractivity contribution in [1.29, 1.82) is 0 Å². The molecule has 1 heterocycles. The molecule has 0 saturated carbocycles. The fourth-order valence-electron chi connectivity index (χ4n) is 4.41. The molecule has 0 aromatic heterocycles. The normalized spacial score (nSPS) is 18.4. The molecule has 4 nitrogen and oxygen atoms in total. The maximum Gasteiger partial charge on any atom is 0.416 e. The highest BCUT2D eigenvalue weighted by Gasteiger charge is 2.53. The Kier molecular flexibility index (Phi) is 7.06. The van der Waals surface area contributed by atoms with Crippen molar-refractivity contribution < 1.29 is 53.9 Å². The van der Waals surface area contributed by atoms with E-state index in [1.54, 1.807) is 6.92 Å². The number of hydrogen-bond acceptors (Lipinski definition) is 3. The predicted molar refractivity (Wildman–Crippen MR) is 122 cm³/mol. The van der Waals surface area contributed by atoms with Crippen LogP contribution in [0.4, 0.5) is 45.2 Å². The quantitative estimate of drug-likeness (QED) is 0.144. The molecule has 0 spiro atoms. The average Bonchev–Trinajstić information content (AvgIpc) is 3.12. The SMILES string of the molecule is Cc1ccc(C(=O)C2C(=O)C(=O)N(c3ccc(C(F)(F)F)cc3)C2c2cc(C(F)(F)F)cc(C(F)(F)F)c2)cc1. The summed E-state index contributed by atoms with van der Waals surface area (Å²) in [7, 11) is 0. The molecule has 2 atom stereocenters. The number of benzene rings is 3. The second-order valence-electron chi connectivity index (χ2n) is 9.08. The van der Waals surface area contributed by atoms with E-state index in [4.69, 9.17) is 0 Å². The van der Waals surface area contributed by atoms with Crippen molar-refractivity contribution >= 4 is 23.2 Å². The summed E-state index contributed by atoms with van der Waals surface area (Å²) in [5.74, 6) is -6.09. The fraction of sp³-hybridized carbons (Fsp3) is 0.222. The lowest BCUT2D eigenvalue weighted by molar-refractivity contribution is -0.143. The van der Waals surface area contributed by atoms with Gasteiger partial charge in [-0.2, -0.15) is 39.5 Å². The summed E-state index contributed by atoms with van der Waals surface area (Å²) in [6.07, 6.45) is -15.4. The molecule has 4 rings (SSSR count). The summed E-state index contributed by atoms with van der Waals surface area (Å²) in [6.45, 7) is 1.66. The molecule has 0 N–H and O–H groups in total. The van der Waals surface area contributed by atoms with E-state index in [0.717, 1.165) is 12.1 Å². The van der Waals surface area contributed by atoms with E-state index in [9.17, 15) is 53.9 Å². The molecule has 40 heavy (non-hydrogen) atoms. The first-order valence-electron chi connectivity index (χ1n) is 11.3. The van der Waals surface area contributed by atoms with Crippen molar-refractivity contribution in [3.8, 4) is 0 Å². The van der Waals surface area contributed by atoms with Gasteiger partial charge in [0, 0.05) is 11.3 Å². The summed E-state index contributed by atoms with van der Waals surface area (Å²) in [5.41, 5.74) is -5.47. The number of aryl methyl sites for hydroxylation is 1. The molecule has 1 aliphatic rings. The van der Waals surface area contributed by atoms with Crippen molar-refractivity contribution in [2.45, 2.75) is 31.5 Å². The molecule has 1 fully saturated rings. The topological polar surface area (TPSA) is 54.5 Å². The highest BCUT2D eigenvalue weighted by atomic mass is 19.4. The van der Waals surface area contributed by atoms with E-state index >= 15 is 0 Å². The van der Waals surface area contributed by atoms with Crippen LogP contribution in [-0.2, 0) is 28.1 Å². The van der Waals surface area contributed by atoms with Gasteiger partial charge in [0.15, 0.2) is 5.78 Å². The monoisotopic (exact) mass is 573 g/mol. The van der Waals surface area contributed by atoms with Gasteiger partial charge in [-0.3, -0.25) is 19.3 Å². The Bertz CT molecular complexity index is 1440. The number of carbonyl (C=O) groups is 3. The lowest BCUT2D eigenvalue weighted by Gasteiger charge is -2.28. The third-order valence-electron chi connectivity index (χ3n) is 6.35. The molecule has 0 radical (unpaired) electrons. The highest BCUT2D eigenvalue weighted by Crippen LogP contribution is 2.45. The van der Waals surface area contributed by atoms with Gasteiger partial charge in [-0.05, 0) is 55.0 Å². The zero-order chi connectivity index (χ0) is 29.8. The standard InChI is InChI=1S/C27H16F9NO3/c1-13-2-4-14(5-3-13)22(38)20-21(15-10-17(26(31,32)33)12-18(11-15)27(34,35)36)37(24(40)23(20)39)19-8-6-16(7-9-19)25(28,29)30/h2-12,20-21H,1H3. The van der Waals surface area contributed by atoms with Crippen LogP contribution in [0.1, 0.15) is 44.2 Å². The number of amides is 1. The number of nitrogens with zero attached hydrogens (tertiary/aromatic N) is 1. The zero-order valence-electron chi connectivity index (χ0n) is 20.1. The van der Waals surface area contributed by atoms with E-state index in [1.165, 1.54) is 24.3 Å². The van der Waals surface area contributed by atoms with E-state index in [1.807, 2.05) is 0 Å². The van der Waals surface area contributed by atoms with Crippen LogP contribution < -0.4 is 4.90 Å². The number of Topliss-reactive ketones (excluding diaryl/α,β-unsaturated/α-hetero) is 2. The number of alkyl halides is 9. The number of carbonyl (C=O) groups excluding carboxylic acids is 3. The summed E-state index contributed by atoms with van der Waals surface area (Å²) in [4.78, 5) is 40.1. The molecule has 210 valence electrons. The van der Waals surface area contributed by atoms with Gasteiger partial charge in [-0.25, -0.2) is 0 Å². The lowest BCUT2D eigenvalue weighted by Crippen LogP contribution is -2.31. The van der Waals surface area contributed by atoms with E-state index < -0.39 is 75.9 Å². The summed E-state index contributed by atoms with van der Waals surface area (Å²) >= 11 is 0. The molecule has 13 heteroatoms. The molecular formula is C27H16F9NO3. The van der Waals surface area contributed by atoms with Crippen LogP contribution in [0.2, 0.25) is 0 Å². The second-order valence-corrected chi connectivity index (χ2v) is 9.08. The Hall–Kier alpha value is -4.16. The predicted octanol–water partition coefficient (Wildman–Crippen LogP) is 7.21. The molecule has 3 aromatic rings. The Morgan fingerprint density at radius 3 is 1.60 bits per heavy atom. The van der Waals surface area contributed by atoms with Crippen molar-refractivity contribution in [2.24, 2.45) is 5.92 Å². The molecule has 0 aliphatic carbocycles. The Balaban J connectivity index is 1.96. The van der Waals surface area contributed by atoms with E-state index in [-0.39, 0.29) is 23.8 Å². The number of ketones is 2. The first-order valence-corrected chi connectivity index (χ1v) is 11.3. The van der Waals surface area contributed by atoms with Crippen LogP contribution in [0.25, 0.3) is 0 Å². The maximum absolute atomic E-state index is 13.6. The third kappa shape index (κ3) is 5.45. The molecule has 3 aromatic carbocycles. The van der Waals surface area contributed by atoms with Crippen molar-refractivity contribution in [3.05, 3.63) is 100 Å². The zero-order valence-corrected chi connectivity index (χ0v) is 20.1. The van der Waals surface area contributed by atoms with Crippen molar-refractivity contribution in [1.82, 2.24) is 0 Å². The van der Waals surface area contributed by atoms with Gasteiger partial charge in [0.25, 0.3) is 5.91 Å². The van der Waals surface area contributed by atoms with Crippen LogP contribution in [0.15, 0.2) is 66.7 Å². The number of rotatable bonds is 4. The van der Waals surface area contributed by atoms with Crippen LogP contribution in [0, 0.1) is 12.8 Å². The molecule has 1 saturated heterocycles. The number of halogens is 9. The van der Waals surface area contributed by atoms with Crippen LogP contribution in [0.5, 0.6) is 0 Å². The molecule has 1 amide bonds. The first kappa shape index (κ1) is 28.8. The minimum atomic E-state index is -5.29. The van der Waals surface area contributed by atoms with Gasteiger partial charge in [0.2, 0.25) is 5.78 Å². The van der Waals surface area contributed by atoms with E-state index in [0.29, 0.717) is 22.6 Å². The lowest BCUT2D eigenvalue weighted by atomic mass is 9.85. The van der Waals surface area contributed by atoms with Gasteiger partial charge < -0.3 is 0 Å². The van der Waals surface area contributed by atoms with Crippen LogP contribution in [-0.4, -0.2) is 17.5 Å². The third-order valence-corrected chi connectivity index (χ3v) is 6.35. The first-order chi connectivity index (χ1) is 18.4. The Morgan fingerprint density at radius 1 is 0.675 bits per heavy atom. The smallest absolute Gasteiger partial charge is 0.297 e. The van der Waals surface area contributed by atoms with Crippen molar-refractivity contribution in [3.63, 3.8) is 0 Å². The summed E-state index contributed by atoms with van der Waals surface area (Å²) in [6, 6.07) is 6.31. The van der Waals surface area contributed by atoms with Gasteiger partial charge in [0.1, 0.15) is 5.92 Å². The summed E-state index contributed by atoms with van der Waals surface area (Å²) < 4.78 is 121. The second kappa shape index (κ2) is 9.79. The molecule has 0 bridgehead atoms. The molecular weight excluding hydrogens is 557 g/mol. The van der Waals surface area contributed by atoms with Crippen LogP contribution in [0.3, 0.4) is 0 Å². The number of hydrogen-bond donors (Lipinski definition) is 0. The minimum Gasteiger partial charge on any atom is -0.297 e. The van der Waals surface area contributed by atoms with Gasteiger partial charge >= 0.3 is 18.5 Å². The molecule has 1 aliphatic heterocycles. The maximum atomic E-state index is 13.6. The van der Waals surface area contributed by atoms with Gasteiger partial charge in [0.05, 0.1) is 22.7 Å². The van der Waals surface area contributed by atoms with Crippen LogP contribution >= 0.6 is 0 Å². The largest absolute Gasteiger partial charge is 0.416 e. The number of anilines is 1. The van der Waals surface area contributed by atoms with Gasteiger partial charge in [-0.1, -0.05) is 29.8 Å². The van der Waals surface area contributed by atoms with Crippen molar-refractivity contribution in [2.75, 3.05) is 4.90 Å². The van der Waals surface area contributed by atoms with Gasteiger partial charge in [-0.15, -0.1) is 0 Å². The Labute approximate surface area is 220 Å².